The van der Waals surface area contributed by atoms with Gasteiger partial charge in [-0.25, -0.2) is 0 Å². The first kappa shape index (κ1) is 15.4. The van der Waals surface area contributed by atoms with E-state index in [2.05, 4.69) is 5.32 Å². The number of aliphatic hydroxyl groups excluding tert-OH is 1. The van der Waals surface area contributed by atoms with Crippen molar-refractivity contribution in [1.29, 1.82) is 0 Å². The average molecular weight is 231 g/mol. The number of methoxy groups -OCH3 is 1. The molecule has 0 radical (unpaired) electrons. The van der Waals surface area contributed by atoms with Gasteiger partial charge in [0, 0.05) is 19.3 Å². The standard InChI is InChI=1S/C12H25NO3/c1-6-12(4,7-8-14)13-10(15)9-11(2,3)16-5/h14H,6-9H2,1-5H3,(H,13,15). The van der Waals surface area contributed by atoms with E-state index in [-0.39, 0.29) is 18.1 Å². The van der Waals surface area contributed by atoms with Gasteiger partial charge >= 0.3 is 0 Å². The molecule has 0 rings (SSSR count). The van der Waals surface area contributed by atoms with Crippen LogP contribution in [0.2, 0.25) is 0 Å². The smallest absolute Gasteiger partial charge is 0.223 e. The van der Waals surface area contributed by atoms with Crippen LogP contribution in [0.25, 0.3) is 0 Å². The zero-order valence-corrected chi connectivity index (χ0v) is 11.1. The Morgan fingerprint density at radius 1 is 1.38 bits per heavy atom. The summed E-state index contributed by atoms with van der Waals surface area (Å²) in [7, 11) is 1.60. The first-order chi connectivity index (χ1) is 7.28. The number of ether oxygens (including phenoxy) is 1. The molecule has 16 heavy (non-hydrogen) atoms. The summed E-state index contributed by atoms with van der Waals surface area (Å²) in [5, 5.41) is 11.9. The highest BCUT2D eigenvalue weighted by molar-refractivity contribution is 5.77. The van der Waals surface area contributed by atoms with E-state index in [0.29, 0.717) is 12.8 Å². The third-order valence-electron chi connectivity index (χ3n) is 3.02. The lowest BCUT2D eigenvalue weighted by molar-refractivity contribution is -0.128. The maximum Gasteiger partial charge on any atom is 0.223 e. The monoisotopic (exact) mass is 231 g/mol. The Labute approximate surface area is 98.4 Å². The van der Waals surface area contributed by atoms with Gasteiger partial charge in [0.1, 0.15) is 0 Å². The zero-order chi connectivity index (χ0) is 12.8. The molecule has 0 aromatic carbocycles. The van der Waals surface area contributed by atoms with Gasteiger partial charge in [0.15, 0.2) is 0 Å². The van der Waals surface area contributed by atoms with Gasteiger partial charge in [0.05, 0.1) is 12.0 Å². The van der Waals surface area contributed by atoms with Crippen molar-refractivity contribution in [3.05, 3.63) is 0 Å². The summed E-state index contributed by atoms with van der Waals surface area (Å²) in [6, 6.07) is 0. The number of carbonyl (C=O) groups excluding carboxylic acids is 1. The minimum absolute atomic E-state index is 0.0374. The first-order valence-corrected chi connectivity index (χ1v) is 5.75. The molecule has 1 unspecified atom stereocenters. The van der Waals surface area contributed by atoms with Crippen LogP contribution in [0.5, 0.6) is 0 Å². The Morgan fingerprint density at radius 2 is 1.94 bits per heavy atom. The number of aliphatic hydroxyl groups is 1. The Hall–Kier alpha value is -0.610. The molecule has 0 bridgehead atoms. The number of rotatable bonds is 7. The van der Waals surface area contributed by atoms with Crippen molar-refractivity contribution in [3.8, 4) is 0 Å². The Bertz CT molecular complexity index is 228. The number of hydrogen-bond donors (Lipinski definition) is 2. The molecule has 0 fully saturated rings. The van der Waals surface area contributed by atoms with Crippen molar-refractivity contribution in [2.45, 2.75) is 58.1 Å². The van der Waals surface area contributed by atoms with E-state index < -0.39 is 5.60 Å². The topological polar surface area (TPSA) is 58.6 Å². The van der Waals surface area contributed by atoms with Crippen LogP contribution in [0.15, 0.2) is 0 Å². The van der Waals surface area contributed by atoms with Gasteiger partial charge in [-0.3, -0.25) is 4.79 Å². The van der Waals surface area contributed by atoms with E-state index in [1.54, 1.807) is 7.11 Å². The SMILES string of the molecule is CCC(C)(CCO)NC(=O)CC(C)(C)OC. The Balaban J connectivity index is 4.32. The highest BCUT2D eigenvalue weighted by Gasteiger charge is 2.27. The molecule has 0 spiro atoms. The largest absolute Gasteiger partial charge is 0.396 e. The van der Waals surface area contributed by atoms with Crippen molar-refractivity contribution in [2.24, 2.45) is 0 Å². The highest BCUT2D eigenvalue weighted by Crippen LogP contribution is 2.17. The summed E-state index contributed by atoms with van der Waals surface area (Å²) >= 11 is 0. The number of carbonyl (C=O) groups is 1. The maximum absolute atomic E-state index is 11.8. The second kappa shape index (κ2) is 6.21. The van der Waals surface area contributed by atoms with E-state index >= 15 is 0 Å². The predicted octanol–water partition coefficient (Wildman–Crippen LogP) is 1.47. The summed E-state index contributed by atoms with van der Waals surface area (Å²) in [6.07, 6.45) is 1.69. The van der Waals surface area contributed by atoms with E-state index in [1.807, 2.05) is 27.7 Å². The Kier molecular flexibility index (Phi) is 5.97. The van der Waals surface area contributed by atoms with Crippen LogP contribution in [-0.4, -0.2) is 35.9 Å². The summed E-state index contributed by atoms with van der Waals surface area (Å²) in [5.74, 6) is -0.0374. The van der Waals surface area contributed by atoms with Crippen molar-refractivity contribution >= 4 is 5.91 Å². The normalized spacial score (nSPS) is 15.6. The lowest BCUT2D eigenvalue weighted by atomic mass is 9.94. The molecule has 0 aromatic heterocycles. The summed E-state index contributed by atoms with van der Waals surface area (Å²) in [6.45, 7) is 7.78. The van der Waals surface area contributed by atoms with E-state index in [9.17, 15) is 4.79 Å². The van der Waals surface area contributed by atoms with Gasteiger partial charge < -0.3 is 15.2 Å². The zero-order valence-electron chi connectivity index (χ0n) is 11.1. The van der Waals surface area contributed by atoms with Crippen molar-refractivity contribution in [2.75, 3.05) is 13.7 Å². The predicted molar refractivity (Wildman–Crippen MR) is 64.2 cm³/mol. The molecule has 1 atom stereocenters. The molecule has 0 aromatic rings. The molecule has 4 nitrogen and oxygen atoms in total. The van der Waals surface area contributed by atoms with E-state index in [1.165, 1.54) is 0 Å². The molecular weight excluding hydrogens is 206 g/mol. The van der Waals surface area contributed by atoms with Gasteiger partial charge in [-0.15, -0.1) is 0 Å². The molecule has 0 heterocycles. The quantitative estimate of drug-likeness (QED) is 0.697. The van der Waals surface area contributed by atoms with Crippen LogP contribution in [0.4, 0.5) is 0 Å². The number of amides is 1. The fraction of sp³-hybridized carbons (Fsp3) is 0.917. The summed E-state index contributed by atoms with van der Waals surface area (Å²) in [4.78, 5) is 11.8. The molecule has 4 heteroatoms. The Morgan fingerprint density at radius 3 is 2.31 bits per heavy atom. The average Bonchev–Trinajstić information content (AvgIpc) is 2.17. The maximum atomic E-state index is 11.8. The molecule has 0 saturated carbocycles. The summed E-state index contributed by atoms with van der Waals surface area (Å²) < 4.78 is 5.21. The third kappa shape index (κ3) is 5.47. The van der Waals surface area contributed by atoms with Crippen LogP contribution in [-0.2, 0) is 9.53 Å². The summed E-state index contributed by atoms with van der Waals surface area (Å²) in [5.41, 5.74) is -0.770. The van der Waals surface area contributed by atoms with Crippen molar-refractivity contribution < 1.29 is 14.6 Å². The molecule has 96 valence electrons. The van der Waals surface area contributed by atoms with E-state index in [4.69, 9.17) is 9.84 Å². The second-order valence-corrected chi connectivity index (χ2v) is 5.08. The minimum atomic E-state index is -0.446. The van der Waals surface area contributed by atoms with Crippen LogP contribution < -0.4 is 5.32 Å². The minimum Gasteiger partial charge on any atom is -0.396 e. The molecule has 0 aliphatic rings. The van der Waals surface area contributed by atoms with Crippen LogP contribution >= 0.6 is 0 Å². The van der Waals surface area contributed by atoms with Crippen LogP contribution in [0, 0.1) is 0 Å². The fourth-order valence-electron chi connectivity index (χ4n) is 1.41. The highest BCUT2D eigenvalue weighted by atomic mass is 16.5. The van der Waals surface area contributed by atoms with Crippen molar-refractivity contribution in [1.82, 2.24) is 5.32 Å². The molecule has 0 aliphatic carbocycles. The van der Waals surface area contributed by atoms with Crippen molar-refractivity contribution in [3.63, 3.8) is 0 Å². The third-order valence-corrected chi connectivity index (χ3v) is 3.02. The van der Waals surface area contributed by atoms with E-state index in [0.717, 1.165) is 6.42 Å². The molecule has 1 amide bonds. The number of nitrogens with one attached hydrogen (secondary N) is 1. The lowest BCUT2D eigenvalue weighted by Crippen LogP contribution is -2.48. The molecule has 2 N–H and O–H groups in total. The van der Waals surface area contributed by atoms with Gasteiger partial charge in [-0.1, -0.05) is 6.92 Å². The molecule has 0 saturated heterocycles. The fourth-order valence-corrected chi connectivity index (χ4v) is 1.41. The lowest BCUT2D eigenvalue weighted by Gasteiger charge is -2.31. The molecular formula is C12H25NO3. The number of hydrogen-bond acceptors (Lipinski definition) is 3. The van der Waals surface area contributed by atoms with Crippen LogP contribution in [0.3, 0.4) is 0 Å². The first-order valence-electron chi connectivity index (χ1n) is 5.75. The van der Waals surface area contributed by atoms with Gasteiger partial charge in [-0.05, 0) is 33.6 Å². The van der Waals surface area contributed by atoms with Gasteiger partial charge in [-0.2, -0.15) is 0 Å². The second-order valence-electron chi connectivity index (χ2n) is 5.08. The van der Waals surface area contributed by atoms with Gasteiger partial charge in [0.2, 0.25) is 5.91 Å². The van der Waals surface area contributed by atoms with Gasteiger partial charge in [0.25, 0.3) is 0 Å². The van der Waals surface area contributed by atoms with Crippen LogP contribution in [0.1, 0.15) is 47.0 Å². The molecule has 0 aliphatic heterocycles.